The Hall–Kier alpha value is -1.66. The fourth-order valence-electron chi connectivity index (χ4n) is 1.62. The van der Waals surface area contributed by atoms with E-state index in [-0.39, 0.29) is 6.03 Å². The van der Waals surface area contributed by atoms with Crippen molar-refractivity contribution in [1.29, 1.82) is 0 Å². The maximum atomic E-state index is 12.1. The minimum atomic E-state index is -0.223. The van der Waals surface area contributed by atoms with E-state index >= 15 is 0 Å². The Morgan fingerprint density at radius 2 is 2.25 bits per heavy atom. The smallest absolute Gasteiger partial charge is 0.322 e. The molecule has 5 nitrogen and oxygen atoms in total. The highest BCUT2D eigenvalue weighted by atomic mass is 35.5. The van der Waals surface area contributed by atoms with Gasteiger partial charge in [0, 0.05) is 26.0 Å². The summed E-state index contributed by atoms with van der Waals surface area (Å²) in [6, 6.07) is 1.70. The number of hydrogen-bond donors (Lipinski definition) is 1. The standard InChI is InChI=1S/C13H15ClN4OS/c1-8-4-5-15-6-10(8)7-18(3)13(19)16-12-11(14)9(2)17-20-12/h4-6H,7H2,1-3H3,(H,16,19). The van der Waals surface area contributed by atoms with E-state index in [4.69, 9.17) is 11.6 Å². The third-order valence-electron chi connectivity index (χ3n) is 2.91. The second-order valence-electron chi connectivity index (χ2n) is 4.50. The summed E-state index contributed by atoms with van der Waals surface area (Å²) in [6.45, 7) is 4.28. The number of hydrogen-bond acceptors (Lipinski definition) is 4. The SMILES string of the molecule is Cc1ccncc1CN(C)C(=O)Nc1snc(C)c1Cl. The van der Waals surface area contributed by atoms with Gasteiger partial charge in [-0.25, -0.2) is 4.79 Å². The zero-order chi connectivity index (χ0) is 14.7. The summed E-state index contributed by atoms with van der Waals surface area (Å²) in [5.74, 6) is 0. The zero-order valence-corrected chi connectivity index (χ0v) is 13.0. The minimum Gasteiger partial charge on any atom is -0.323 e. The molecule has 0 radical (unpaired) electrons. The molecule has 0 spiro atoms. The predicted molar refractivity (Wildman–Crippen MR) is 81.3 cm³/mol. The van der Waals surface area contributed by atoms with Gasteiger partial charge in [0.25, 0.3) is 0 Å². The van der Waals surface area contributed by atoms with E-state index in [2.05, 4.69) is 14.7 Å². The molecule has 0 aliphatic heterocycles. The highest BCUT2D eigenvalue weighted by Crippen LogP contribution is 2.29. The highest BCUT2D eigenvalue weighted by molar-refractivity contribution is 7.11. The first kappa shape index (κ1) is 14.7. The average molecular weight is 311 g/mol. The molecule has 0 aromatic carbocycles. The molecule has 0 bridgehead atoms. The largest absolute Gasteiger partial charge is 0.323 e. The van der Waals surface area contributed by atoms with Crippen LogP contribution in [0.5, 0.6) is 0 Å². The van der Waals surface area contributed by atoms with Crippen LogP contribution in [0.25, 0.3) is 0 Å². The number of urea groups is 1. The molecular formula is C13H15ClN4OS. The van der Waals surface area contributed by atoms with Gasteiger partial charge >= 0.3 is 6.03 Å². The molecule has 0 aliphatic carbocycles. The number of carbonyl (C=O) groups excluding carboxylic acids is 1. The Kier molecular flexibility index (Phi) is 4.57. The molecular weight excluding hydrogens is 296 g/mol. The van der Waals surface area contributed by atoms with Gasteiger partial charge < -0.3 is 4.90 Å². The van der Waals surface area contributed by atoms with Gasteiger partial charge in [-0.15, -0.1) is 0 Å². The summed E-state index contributed by atoms with van der Waals surface area (Å²) < 4.78 is 4.09. The summed E-state index contributed by atoms with van der Waals surface area (Å²) in [6.07, 6.45) is 3.50. The maximum Gasteiger partial charge on any atom is 0.322 e. The summed E-state index contributed by atoms with van der Waals surface area (Å²) in [7, 11) is 1.73. The maximum absolute atomic E-state index is 12.1. The first-order valence-electron chi connectivity index (χ1n) is 6.02. The average Bonchev–Trinajstić information content (AvgIpc) is 2.73. The molecule has 0 fully saturated rings. The molecule has 0 unspecified atom stereocenters. The van der Waals surface area contributed by atoms with Gasteiger partial charge in [-0.1, -0.05) is 11.6 Å². The number of rotatable bonds is 3. The number of aromatic nitrogens is 2. The molecule has 2 aromatic heterocycles. The molecule has 20 heavy (non-hydrogen) atoms. The van der Waals surface area contributed by atoms with E-state index in [0.717, 1.165) is 16.8 Å². The molecule has 106 valence electrons. The van der Waals surface area contributed by atoms with Crippen LogP contribution in [0.1, 0.15) is 16.8 Å². The second-order valence-corrected chi connectivity index (χ2v) is 5.65. The molecule has 2 amide bonds. The number of nitrogens with zero attached hydrogens (tertiary/aromatic N) is 3. The summed E-state index contributed by atoms with van der Waals surface area (Å²) >= 11 is 7.23. The number of anilines is 1. The molecule has 0 saturated heterocycles. The summed E-state index contributed by atoms with van der Waals surface area (Å²) in [5, 5.41) is 3.83. The van der Waals surface area contributed by atoms with Crippen LogP contribution in [0, 0.1) is 13.8 Å². The van der Waals surface area contributed by atoms with E-state index < -0.39 is 0 Å². The zero-order valence-electron chi connectivity index (χ0n) is 11.5. The van der Waals surface area contributed by atoms with Crippen LogP contribution in [0.2, 0.25) is 5.02 Å². The number of pyridine rings is 1. The van der Waals surface area contributed by atoms with Crippen molar-refractivity contribution in [2.75, 3.05) is 12.4 Å². The van der Waals surface area contributed by atoms with E-state index in [0.29, 0.717) is 16.6 Å². The van der Waals surface area contributed by atoms with Gasteiger partial charge in [-0.2, -0.15) is 4.37 Å². The minimum absolute atomic E-state index is 0.223. The Morgan fingerprint density at radius 1 is 1.50 bits per heavy atom. The Balaban J connectivity index is 2.03. The van der Waals surface area contributed by atoms with Gasteiger partial charge in [-0.05, 0) is 42.6 Å². The van der Waals surface area contributed by atoms with Crippen LogP contribution in [0.3, 0.4) is 0 Å². The van der Waals surface area contributed by atoms with Crippen molar-refractivity contribution in [3.8, 4) is 0 Å². The molecule has 7 heteroatoms. The van der Waals surface area contributed by atoms with Crippen molar-refractivity contribution in [2.45, 2.75) is 20.4 Å². The first-order valence-corrected chi connectivity index (χ1v) is 7.17. The van der Waals surface area contributed by atoms with E-state index in [9.17, 15) is 4.79 Å². The number of carbonyl (C=O) groups is 1. The molecule has 2 rings (SSSR count). The van der Waals surface area contributed by atoms with Gasteiger partial charge in [-0.3, -0.25) is 10.3 Å². The lowest BCUT2D eigenvalue weighted by molar-refractivity contribution is 0.220. The Labute approximate surface area is 126 Å². The van der Waals surface area contributed by atoms with Gasteiger partial charge in [0.15, 0.2) is 0 Å². The lowest BCUT2D eigenvalue weighted by atomic mass is 10.1. The quantitative estimate of drug-likeness (QED) is 0.944. The Bertz CT molecular complexity index is 629. The lowest BCUT2D eigenvalue weighted by Gasteiger charge is -2.18. The highest BCUT2D eigenvalue weighted by Gasteiger charge is 2.15. The molecule has 2 heterocycles. The second kappa shape index (κ2) is 6.19. The first-order chi connectivity index (χ1) is 9.49. The molecule has 0 aliphatic rings. The summed E-state index contributed by atoms with van der Waals surface area (Å²) in [5.41, 5.74) is 2.83. The van der Waals surface area contributed by atoms with E-state index in [1.807, 2.05) is 13.0 Å². The fourth-order valence-corrected chi connectivity index (χ4v) is 2.54. The van der Waals surface area contributed by atoms with Crippen LogP contribution in [0.15, 0.2) is 18.5 Å². The lowest BCUT2D eigenvalue weighted by Crippen LogP contribution is -2.30. The van der Waals surface area contributed by atoms with Gasteiger partial charge in [0.05, 0.1) is 10.7 Å². The topological polar surface area (TPSA) is 58.1 Å². The van der Waals surface area contributed by atoms with Crippen molar-refractivity contribution in [3.63, 3.8) is 0 Å². The van der Waals surface area contributed by atoms with Crippen LogP contribution >= 0.6 is 23.1 Å². The van der Waals surface area contributed by atoms with Crippen LogP contribution < -0.4 is 5.32 Å². The fraction of sp³-hybridized carbons (Fsp3) is 0.308. The normalized spacial score (nSPS) is 10.4. The number of nitrogens with one attached hydrogen (secondary N) is 1. The third kappa shape index (κ3) is 3.26. The van der Waals surface area contributed by atoms with Gasteiger partial charge in [0.2, 0.25) is 0 Å². The number of halogens is 1. The molecule has 2 aromatic rings. The molecule has 0 atom stereocenters. The Morgan fingerprint density at radius 3 is 2.85 bits per heavy atom. The van der Waals surface area contributed by atoms with Crippen LogP contribution in [0.4, 0.5) is 9.80 Å². The number of amides is 2. The monoisotopic (exact) mass is 310 g/mol. The third-order valence-corrected chi connectivity index (χ3v) is 4.34. The van der Waals surface area contributed by atoms with E-state index in [1.165, 1.54) is 11.5 Å². The molecule has 0 saturated carbocycles. The van der Waals surface area contributed by atoms with Crippen molar-refractivity contribution in [1.82, 2.24) is 14.3 Å². The molecule has 1 N–H and O–H groups in total. The van der Waals surface area contributed by atoms with Crippen molar-refractivity contribution < 1.29 is 4.79 Å². The number of aryl methyl sites for hydroxylation is 2. The summed E-state index contributed by atoms with van der Waals surface area (Å²) in [4.78, 5) is 17.8. The van der Waals surface area contributed by atoms with Gasteiger partial charge in [0.1, 0.15) is 5.00 Å². The van der Waals surface area contributed by atoms with E-state index in [1.54, 1.807) is 31.3 Å². The predicted octanol–water partition coefficient (Wildman–Crippen LogP) is 3.47. The van der Waals surface area contributed by atoms with Crippen LogP contribution in [-0.4, -0.2) is 27.3 Å². The van der Waals surface area contributed by atoms with Crippen molar-refractivity contribution in [2.24, 2.45) is 0 Å². The van der Waals surface area contributed by atoms with Crippen molar-refractivity contribution >= 4 is 34.2 Å². The van der Waals surface area contributed by atoms with Crippen LogP contribution in [-0.2, 0) is 6.54 Å². The van der Waals surface area contributed by atoms with Crippen molar-refractivity contribution in [3.05, 3.63) is 40.3 Å².